The molecule has 1 heterocycles. The number of phenols is 1. The number of carbonyl (C=O) groups is 1. The van der Waals surface area contributed by atoms with Gasteiger partial charge in [-0.3, -0.25) is 9.78 Å². The lowest BCUT2D eigenvalue weighted by Gasteiger charge is -2.38. The van der Waals surface area contributed by atoms with Crippen LogP contribution in [0.2, 0.25) is 0 Å². The Labute approximate surface area is 155 Å². The number of amides is 1. The molecule has 0 aliphatic heterocycles. The van der Waals surface area contributed by atoms with Gasteiger partial charge < -0.3 is 15.5 Å². The van der Waals surface area contributed by atoms with Crippen LogP contribution >= 0.6 is 0 Å². The average molecular weight is 366 g/mol. The maximum absolute atomic E-state index is 14.0. The minimum atomic E-state index is -0.700. The summed E-state index contributed by atoms with van der Waals surface area (Å²) in [6.45, 7) is 0. The molecule has 0 spiro atoms. The second kappa shape index (κ2) is 6.96. The summed E-state index contributed by atoms with van der Waals surface area (Å²) in [5, 5.41) is 23.1. The number of rotatable bonds is 4. The van der Waals surface area contributed by atoms with Crippen molar-refractivity contribution in [3.63, 3.8) is 0 Å². The molecule has 4 rings (SSSR count). The first-order chi connectivity index (χ1) is 13.0. The van der Waals surface area contributed by atoms with Crippen molar-refractivity contribution in [2.75, 3.05) is 0 Å². The Bertz CT molecular complexity index is 1000. The van der Waals surface area contributed by atoms with Gasteiger partial charge in [-0.05, 0) is 54.7 Å². The molecule has 1 atom stereocenters. The van der Waals surface area contributed by atoms with Crippen LogP contribution < -0.4 is 5.32 Å². The lowest BCUT2D eigenvalue weighted by Crippen LogP contribution is -2.41. The van der Waals surface area contributed by atoms with Crippen LogP contribution in [0.15, 0.2) is 54.7 Å². The smallest absolute Gasteiger partial charge is 0.254 e. The molecule has 1 saturated carbocycles. The summed E-state index contributed by atoms with van der Waals surface area (Å²) in [6.07, 6.45) is 2.43. The van der Waals surface area contributed by atoms with E-state index in [9.17, 15) is 19.4 Å². The predicted octanol–water partition coefficient (Wildman–Crippen LogP) is 3.32. The molecule has 3 aromatic rings. The summed E-state index contributed by atoms with van der Waals surface area (Å²) < 4.78 is 14.0. The van der Waals surface area contributed by atoms with Crippen molar-refractivity contribution < 1.29 is 19.4 Å². The van der Waals surface area contributed by atoms with Crippen molar-refractivity contribution in [3.05, 3.63) is 71.7 Å². The molecule has 6 heteroatoms. The van der Waals surface area contributed by atoms with E-state index >= 15 is 0 Å². The third-order valence-corrected chi connectivity index (χ3v) is 5.07. The third kappa shape index (κ3) is 3.48. The van der Waals surface area contributed by atoms with Crippen molar-refractivity contribution in [2.45, 2.75) is 25.0 Å². The number of fused-ring (bicyclic) bond motifs is 1. The average Bonchev–Trinajstić information content (AvgIpc) is 2.65. The van der Waals surface area contributed by atoms with E-state index in [2.05, 4.69) is 10.3 Å². The van der Waals surface area contributed by atoms with Crippen LogP contribution in [0.3, 0.4) is 0 Å². The summed E-state index contributed by atoms with van der Waals surface area (Å²) in [6, 6.07) is 12.6. The van der Waals surface area contributed by atoms with Gasteiger partial charge in [0.2, 0.25) is 0 Å². The molecule has 138 valence electrons. The number of aliphatic hydroxyl groups is 1. The number of aromatic nitrogens is 1. The number of benzene rings is 2. The van der Waals surface area contributed by atoms with Crippen LogP contribution in [-0.2, 0) is 0 Å². The number of halogens is 1. The molecule has 0 bridgehead atoms. The number of nitrogens with one attached hydrogen (secondary N) is 1. The number of pyridine rings is 1. The van der Waals surface area contributed by atoms with Crippen molar-refractivity contribution >= 4 is 16.8 Å². The number of aromatic hydroxyl groups is 1. The highest BCUT2D eigenvalue weighted by atomic mass is 19.1. The number of carbonyl (C=O) groups excluding carboxylic acids is 1. The molecular formula is C21H19FN2O3. The van der Waals surface area contributed by atoms with Gasteiger partial charge in [0.1, 0.15) is 11.6 Å². The molecule has 0 radical (unpaired) electrons. The van der Waals surface area contributed by atoms with E-state index in [1.807, 2.05) is 30.3 Å². The Hall–Kier alpha value is -2.99. The van der Waals surface area contributed by atoms with Crippen molar-refractivity contribution in [1.29, 1.82) is 0 Å². The maximum atomic E-state index is 14.0. The minimum absolute atomic E-state index is 0.0345. The molecule has 5 nitrogen and oxygen atoms in total. The SMILES string of the molecule is O=C(N[C@H](c1cnc2ccccc2c1)C1CC(O)C1)c1cc(O)ccc1F. The summed E-state index contributed by atoms with van der Waals surface area (Å²) >= 11 is 0. The number of para-hydroxylation sites is 1. The van der Waals surface area contributed by atoms with E-state index in [4.69, 9.17) is 0 Å². The van der Waals surface area contributed by atoms with E-state index < -0.39 is 17.8 Å². The van der Waals surface area contributed by atoms with Gasteiger partial charge in [-0.25, -0.2) is 4.39 Å². The molecule has 3 N–H and O–H groups in total. The normalized spacial score (nSPS) is 20.1. The fourth-order valence-electron chi connectivity index (χ4n) is 3.54. The van der Waals surface area contributed by atoms with Crippen LogP contribution in [0.1, 0.15) is 34.8 Å². The van der Waals surface area contributed by atoms with Gasteiger partial charge in [0.15, 0.2) is 0 Å². The number of aliphatic hydroxyl groups excluding tert-OH is 1. The van der Waals surface area contributed by atoms with Gasteiger partial charge in [0, 0.05) is 11.6 Å². The molecule has 2 aromatic carbocycles. The zero-order chi connectivity index (χ0) is 19.0. The van der Waals surface area contributed by atoms with E-state index in [1.165, 1.54) is 6.07 Å². The number of phenolic OH excluding ortho intramolecular Hbond substituents is 1. The molecule has 1 amide bonds. The Morgan fingerprint density at radius 1 is 1.19 bits per heavy atom. The molecular weight excluding hydrogens is 347 g/mol. The molecule has 1 aliphatic rings. The van der Waals surface area contributed by atoms with Crippen LogP contribution in [0.5, 0.6) is 5.75 Å². The highest BCUT2D eigenvalue weighted by Gasteiger charge is 2.36. The third-order valence-electron chi connectivity index (χ3n) is 5.07. The number of nitrogens with zero attached hydrogens (tertiary/aromatic N) is 1. The Morgan fingerprint density at radius 2 is 1.96 bits per heavy atom. The van der Waals surface area contributed by atoms with Gasteiger partial charge in [0.05, 0.1) is 23.2 Å². The standard InChI is InChI=1S/C21H19FN2O3/c22-18-6-5-15(25)10-17(18)21(27)24-20(13-8-16(26)9-13)14-7-12-3-1-2-4-19(12)23-11-14/h1-7,10-11,13,16,20,25-26H,8-9H2,(H,24,27)/t13?,16?,20-/m0/s1. The molecule has 1 aromatic heterocycles. The minimum Gasteiger partial charge on any atom is -0.508 e. The van der Waals surface area contributed by atoms with Gasteiger partial charge >= 0.3 is 0 Å². The van der Waals surface area contributed by atoms with Crippen LogP contribution in [-0.4, -0.2) is 27.2 Å². The van der Waals surface area contributed by atoms with Crippen LogP contribution in [0.25, 0.3) is 10.9 Å². The molecule has 1 fully saturated rings. The molecule has 27 heavy (non-hydrogen) atoms. The van der Waals surface area contributed by atoms with Gasteiger partial charge in [-0.15, -0.1) is 0 Å². The number of hydrogen-bond donors (Lipinski definition) is 3. The Kier molecular flexibility index (Phi) is 4.49. The lowest BCUT2D eigenvalue weighted by molar-refractivity contribution is 0.0234. The van der Waals surface area contributed by atoms with Gasteiger partial charge in [0.25, 0.3) is 5.91 Å². The highest BCUT2D eigenvalue weighted by molar-refractivity contribution is 5.95. The van der Waals surface area contributed by atoms with E-state index in [1.54, 1.807) is 6.20 Å². The van der Waals surface area contributed by atoms with Crippen molar-refractivity contribution in [1.82, 2.24) is 10.3 Å². The Balaban J connectivity index is 1.66. The quantitative estimate of drug-likeness (QED) is 0.662. The zero-order valence-corrected chi connectivity index (χ0v) is 14.5. The molecule has 0 saturated heterocycles. The first kappa shape index (κ1) is 17.4. The largest absolute Gasteiger partial charge is 0.508 e. The first-order valence-corrected chi connectivity index (χ1v) is 8.83. The van der Waals surface area contributed by atoms with E-state index in [-0.39, 0.29) is 23.3 Å². The zero-order valence-electron chi connectivity index (χ0n) is 14.5. The van der Waals surface area contributed by atoms with Crippen LogP contribution in [0.4, 0.5) is 4.39 Å². The summed E-state index contributed by atoms with van der Waals surface area (Å²) in [4.78, 5) is 17.1. The van der Waals surface area contributed by atoms with Crippen LogP contribution in [0, 0.1) is 11.7 Å². The summed E-state index contributed by atoms with van der Waals surface area (Å²) in [5.41, 5.74) is 1.44. The monoisotopic (exact) mass is 366 g/mol. The summed E-state index contributed by atoms with van der Waals surface area (Å²) in [5.74, 6) is -1.45. The first-order valence-electron chi connectivity index (χ1n) is 8.83. The van der Waals surface area contributed by atoms with Crippen molar-refractivity contribution in [3.8, 4) is 5.75 Å². The highest BCUT2D eigenvalue weighted by Crippen LogP contribution is 2.38. The fraction of sp³-hybridized carbons (Fsp3) is 0.238. The Morgan fingerprint density at radius 3 is 2.74 bits per heavy atom. The van der Waals surface area contributed by atoms with Gasteiger partial charge in [-0.2, -0.15) is 0 Å². The fourth-order valence-corrected chi connectivity index (χ4v) is 3.54. The van der Waals surface area contributed by atoms with Gasteiger partial charge in [-0.1, -0.05) is 18.2 Å². The van der Waals surface area contributed by atoms with E-state index in [0.29, 0.717) is 12.8 Å². The molecule has 1 aliphatic carbocycles. The maximum Gasteiger partial charge on any atom is 0.254 e. The number of hydrogen-bond acceptors (Lipinski definition) is 4. The summed E-state index contributed by atoms with van der Waals surface area (Å²) in [7, 11) is 0. The van der Waals surface area contributed by atoms with E-state index in [0.717, 1.165) is 28.6 Å². The molecule has 0 unspecified atom stereocenters. The van der Waals surface area contributed by atoms with Crippen molar-refractivity contribution in [2.24, 2.45) is 5.92 Å². The second-order valence-electron chi connectivity index (χ2n) is 6.96. The topological polar surface area (TPSA) is 82.5 Å². The second-order valence-corrected chi connectivity index (χ2v) is 6.96. The predicted molar refractivity (Wildman–Crippen MR) is 98.7 cm³/mol. The lowest BCUT2D eigenvalue weighted by atomic mass is 9.75.